The minimum absolute atomic E-state index is 0.114. The second-order valence-electron chi connectivity index (χ2n) is 8.33. The lowest BCUT2D eigenvalue weighted by Crippen LogP contribution is -2.43. The highest BCUT2D eigenvalue weighted by atomic mass is 16.6. The van der Waals surface area contributed by atoms with Crippen LogP contribution in [0.5, 0.6) is 0 Å². The predicted molar refractivity (Wildman–Crippen MR) is 123 cm³/mol. The van der Waals surface area contributed by atoms with E-state index in [-0.39, 0.29) is 6.42 Å². The number of aliphatic imine (C=N–C) groups is 1. The standard InChI is InChI=1S/C27H26N2O2/c1-26(2,3)31-25(30)27(20-28,19-21-13-7-4-8-14-21)29-24(22-15-9-5-10-16-22)23-17-11-6-12-18-23/h4-18H,19H2,1-3H3. The van der Waals surface area contributed by atoms with Crippen molar-refractivity contribution in [1.82, 2.24) is 0 Å². The summed E-state index contributed by atoms with van der Waals surface area (Å²) in [5.74, 6) is -0.657. The van der Waals surface area contributed by atoms with Crippen LogP contribution in [0.4, 0.5) is 0 Å². The van der Waals surface area contributed by atoms with E-state index in [0.717, 1.165) is 16.7 Å². The largest absolute Gasteiger partial charge is 0.457 e. The van der Waals surface area contributed by atoms with Crippen molar-refractivity contribution in [3.8, 4) is 6.07 Å². The van der Waals surface area contributed by atoms with Crippen molar-refractivity contribution in [2.45, 2.75) is 38.3 Å². The van der Waals surface area contributed by atoms with Crippen LogP contribution in [0.2, 0.25) is 0 Å². The molecule has 0 saturated carbocycles. The number of nitrogens with zero attached hydrogens (tertiary/aromatic N) is 2. The van der Waals surface area contributed by atoms with Gasteiger partial charge in [0.15, 0.2) is 0 Å². The van der Waals surface area contributed by atoms with E-state index in [4.69, 9.17) is 9.73 Å². The molecule has 0 amide bonds. The number of rotatable bonds is 6. The van der Waals surface area contributed by atoms with Gasteiger partial charge in [-0.15, -0.1) is 0 Å². The Morgan fingerprint density at radius 3 is 1.71 bits per heavy atom. The number of esters is 1. The smallest absolute Gasteiger partial charge is 0.349 e. The molecule has 0 saturated heterocycles. The van der Waals surface area contributed by atoms with Gasteiger partial charge in [0.1, 0.15) is 11.7 Å². The van der Waals surface area contributed by atoms with Crippen LogP contribution in [-0.2, 0) is 16.0 Å². The fourth-order valence-electron chi connectivity index (χ4n) is 3.20. The zero-order valence-electron chi connectivity index (χ0n) is 18.1. The van der Waals surface area contributed by atoms with Gasteiger partial charge < -0.3 is 4.74 Å². The fourth-order valence-corrected chi connectivity index (χ4v) is 3.20. The Hall–Kier alpha value is -3.71. The van der Waals surface area contributed by atoms with Gasteiger partial charge in [0.25, 0.3) is 0 Å². The van der Waals surface area contributed by atoms with Gasteiger partial charge >= 0.3 is 5.97 Å². The summed E-state index contributed by atoms with van der Waals surface area (Å²) in [6, 6.07) is 30.8. The van der Waals surface area contributed by atoms with E-state index >= 15 is 0 Å². The van der Waals surface area contributed by atoms with Gasteiger partial charge in [0.2, 0.25) is 5.54 Å². The molecule has 3 rings (SSSR count). The quantitative estimate of drug-likeness (QED) is 0.405. The Morgan fingerprint density at radius 2 is 1.29 bits per heavy atom. The van der Waals surface area contributed by atoms with Gasteiger partial charge in [-0.1, -0.05) is 91.0 Å². The van der Waals surface area contributed by atoms with Crippen LogP contribution in [0.1, 0.15) is 37.5 Å². The van der Waals surface area contributed by atoms with E-state index in [2.05, 4.69) is 6.07 Å². The van der Waals surface area contributed by atoms with Crippen LogP contribution in [0.25, 0.3) is 0 Å². The van der Waals surface area contributed by atoms with E-state index in [9.17, 15) is 10.1 Å². The van der Waals surface area contributed by atoms with Gasteiger partial charge in [-0.3, -0.25) is 4.99 Å². The monoisotopic (exact) mass is 410 g/mol. The maximum Gasteiger partial charge on any atom is 0.349 e. The molecule has 0 heterocycles. The van der Waals surface area contributed by atoms with Crippen molar-refractivity contribution in [3.05, 3.63) is 108 Å². The Bertz CT molecular complexity index is 1040. The molecule has 0 N–H and O–H groups in total. The van der Waals surface area contributed by atoms with Gasteiger partial charge in [-0.2, -0.15) is 5.26 Å². The molecule has 1 atom stereocenters. The molecule has 3 aromatic carbocycles. The van der Waals surface area contributed by atoms with E-state index in [0.29, 0.717) is 5.71 Å². The SMILES string of the molecule is CC(C)(C)OC(=O)C(C#N)(Cc1ccccc1)N=C(c1ccccc1)c1ccccc1. The van der Waals surface area contributed by atoms with Crippen molar-refractivity contribution in [1.29, 1.82) is 5.26 Å². The first-order valence-corrected chi connectivity index (χ1v) is 10.2. The molecule has 31 heavy (non-hydrogen) atoms. The molecule has 4 nitrogen and oxygen atoms in total. The molecule has 0 spiro atoms. The lowest BCUT2D eigenvalue weighted by Gasteiger charge is -2.28. The maximum atomic E-state index is 13.4. The zero-order chi connectivity index (χ0) is 22.3. The van der Waals surface area contributed by atoms with Crippen molar-refractivity contribution in [2.75, 3.05) is 0 Å². The van der Waals surface area contributed by atoms with E-state index in [1.54, 1.807) is 20.8 Å². The minimum Gasteiger partial charge on any atom is -0.457 e. The van der Waals surface area contributed by atoms with Crippen LogP contribution in [0, 0.1) is 11.3 Å². The van der Waals surface area contributed by atoms with Gasteiger partial charge in [-0.25, -0.2) is 4.79 Å². The van der Waals surface area contributed by atoms with Crippen LogP contribution < -0.4 is 0 Å². The summed E-state index contributed by atoms with van der Waals surface area (Å²) in [5, 5.41) is 10.3. The normalized spacial score (nSPS) is 12.8. The molecule has 156 valence electrons. The molecule has 0 fully saturated rings. The van der Waals surface area contributed by atoms with Gasteiger partial charge in [0, 0.05) is 17.5 Å². The Labute approximate surface area is 183 Å². The minimum atomic E-state index is -1.73. The van der Waals surface area contributed by atoms with Crippen LogP contribution in [0.15, 0.2) is 96.0 Å². The maximum absolute atomic E-state index is 13.4. The summed E-state index contributed by atoms with van der Waals surface area (Å²) < 4.78 is 5.67. The fraction of sp³-hybridized carbons (Fsp3) is 0.222. The lowest BCUT2D eigenvalue weighted by atomic mass is 9.91. The Kier molecular flexibility index (Phi) is 6.67. The highest BCUT2D eigenvalue weighted by molar-refractivity contribution is 6.14. The topological polar surface area (TPSA) is 62.5 Å². The van der Waals surface area contributed by atoms with E-state index in [1.807, 2.05) is 91.0 Å². The van der Waals surface area contributed by atoms with Crippen molar-refractivity contribution in [2.24, 2.45) is 4.99 Å². The zero-order valence-corrected chi connectivity index (χ0v) is 18.1. The Morgan fingerprint density at radius 1 is 0.839 bits per heavy atom. The molecule has 4 heteroatoms. The molecular formula is C27H26N2O2. The number of carbonyl (C=O) groups excluding carboxylic acids is 1. The van der Waals surface area contributed by atoms with Gasteiger partial charge in [0.05, 0.1) is 5.71 Å². The second kappa shape index (κ2) is 9.40. The third-order valence-electron chi connectivity index (χ3n) is 4.62. The van der Waals surface area contributed by atoms with E-state index in [1.165, 1.54) is 0 Å². The molecular weight excluding hydrogens is 384 g/mol. The molecule has 1 unspecified atom stereocenters. The summed E-state index contributed by atoms with van der Waals surface area (Å²) in [6.45, 7) is 5.36. The first-order valence-electron chi connectivity index (χ1n) is 10.2. The number of hydrogen-bond acceptors (Lipinski definition) is 4. The number of ether oxygens (including phenoxy) is 1. The molecule has 0 aliphatic carbocycles. The summed E-state index contributed by atoms with van der Waals surface area (Å²) in [4.78, 5) is 18.2. The molecule has 0 aromatic heterocycles. The van der Waals surface area contributed by atoms with Crippen molar-refractivity contribution in [3.63, 3.8) is 0 Å². The predicted octanol–water partition coefficient (Wildman–Crippen LogP) is 5.37. The molecule has 0 aliphatic rings. The van der Waals surface area contributed by atoms with Crippen LogP contribution >= 0.6 is 0 Å². The summed E-state index contributed by atoms with van der Waals surface area (Å²) in [6.07, 6.45) is 0.114. The highest BCUT2D eigenvalue weighted by Gasteiger charge is 2.43. The number of hydrogen-bond donors (Lipinski definition) is 0. The third kappa shape index (κ3) is 5.67. The van der Waals surface area contributed by atoms with E-state index < -0.39 is 17.1 Å². The lowest BCUT2D eigenvalue weighted by molar-refractivity contribution is -0.159. The first kappa shape index (κ1) is 22.0. The molecule has 0 radical (unpaired) electrons. The van der Waals surface area contributed by atoms with Crippen LogP contribution in [0.3, 0.4) is 0 Å². The van der Waals surface area contributed by atoms with Crippen molar-refractivity contribution >= 4 is 11.7 Å². The Balaban J connectivity index is 2.21. The van der Waals surface area contributed by atoms with Gasteiger partial charge in [-0.05, 0) is 26.3 Å². The average molecular weight is 411 g/mol. The average Bonchev–Trinajstić information content (AvgIpc) is 2.77. The molecule has 0 bridgehead atoms. The number of carbonyl (C=O) groups is 1. The highest BCUT2D eigenvalue weighted by Crippen LogP contribution is 2.26. The summed E-state index contributed by atoms with van der Waals surface area (Å²) >= 11 is 0. The summed E-state index contributed by atoms with van der Waals surface area (Å²) in [7, 11) is 0. The van der Waals surface area contributed by atoms with Crippen molar-refractivity contribution < 1.29 is 9.53 Å². The number of nitriles is 1. The summed E-state index contributed by atoms with van der Waals surface area (Å²) in [5.41, 5.74) is 0.583. The number of benzene rings is 3. The van der Waals surface area contributed by atoms with Crippen LogP contribution in [-0.4, -0.2) is 22.8 Å². The molecule has 3 aromatic rings. The molecule has 0 aliphatic heterocycles. The first-order chi connectivity index (χ1) is 14.8. The second-order valence-corrected chi connectivity index (χ2v) is 8.33. The third-order valence-corrected chi connectivity index (χ3v) is 4.62.